The Kier molecular flexibility index (Phi) is 3.14. The van der Waals surface area contributed by atoms with Crippen LogP contribution >= 0.6 is 0 Å². The summed E-state index contributed by atoms with van der Waals surface area (Å²) < 4.78 is 37.3. The smallest absolute Gasteiger partial charge is 0.322 e. The molecule has 5 heteroatoms. The van der Waals surface area contributed by atoms with Gasteiger partial charge in [0, 0.05) is 0 Å². The number of amides is 1. The van der Waals surface area contributed by atoms with E-state index >= 15 is 0 Å². The fraction of sp³-hybridized carbons (Fsp3) is 0.100. The van der Waals surface area contributed by atoms with E-state index in [0.717, 1.165) is 12.1 Å². The molecule has 0 aliphatic carbocycles. The van der Waals surface area contributed by atoms with Gasteiger partial charge in [-0.25, -0.2) is 0 Å². The maximum atomic E-state index is 12.4. The third kappa shape index (κ3) is 2.83. The first-order valence-corrected chi connectivity index (χ1v) is 4.05. The van der Waals surface area contributed by atoms with Gasteiger partial charge < -0.3 is 5.32 Å². The number of anilines is 1. The van der Waals surface area contributed by atoms with Crippen molar-refractivity contribution in [2.24, 2.45) is 0 Å². The molecule has 1 N–H and O–H groups in total. The van der Waals surface area contributed by atoms with Crippen LogP contribution in [0.4, 0.5) is 18.9 Å². The third-order valence-electron chi connectivity index (χ3n) is 1.68. The van der Waals surface area contributed by atoms with Crippen LogP contribution in [0.5, 0.6) is 0 Å². The zero-order chi connectivity index (χ0) is 11.5. The van der Waals surface area contributed by atoms with Crippen molar-refractivity contribution < 1.29 is 18.0 Å². The van der Waals surface area contributed by atoms with Gasteiger partial charge in [-0.3, -0.25) is 4.79 Å². The zero-order valence-electron chi connectivity index (χ0n) is 7.64. The van der Waals surface area contributed by atoms with E-state index < -0.39 is 17.6 Å². The molecular weight excluding hydrogens is 207 g/mol. The molecule has 0 unspecified atom stereocenters. The van der Waals surface area contributed by atoms with E-state index in [2.05, 4.69) is 11.9 Å². The average Bonchev–Trinajstić information content (AvgIpc) is 2.17. The van der Waals surface area contributed by atoms with Crippen LogP contribution in [0.3, 0.4) is 0 Å². The van der Waals surface area contributed by atoms with Crippen LogP contribution in [0.2, 0.25) is 0 Å². The Morgan fingerprint density at radius 1 is 1.33 bits per heavy atom. The average molecular weight is 215 g/mol. The number of carbonyl (C=O) groups is 1. The van der Waals surface area contributed by atoms with Gasteiger partial charge in [-0.05, 0) is 18.2 Å². The first kappa shape index (κ1) is 11.3. The first-order chi connectivity index (χ1) is 6.95. The molecule has 0 bridgehead atoms. The maximum absolute atomic E-state index is 12.4. The van der Waals surface area contributed by atoms with Crippen molar-refractivity contribution in [1.29, 1.82) is 0 Å². The highest BCUT2D eigenvalue weighted by atomic mass is 19.4. The van der Waals surface area contributed by atoms with E-state index in [1.807, 2.05) is 0 Å². The SMILES string of the molecule is C=CC(=O)Nc1ccccc1C(F)(F)F. The predicted molar refractivity (Wildman–Crippen MR) is 50.3 cm³/mol. The largest absolute Gasteiger partial charge is 0.418 e. The molecular formula is C10H8F3NO. The zero-order valence-corrected chi connectivity index (χ0v) is 7.64. The molecule has 1 aromatic rings. The molecule has 2 nitrogen and oxygen atoms in total. The molecule has 1 rings (SSSR count). The van der Waals surface area contributed by atoms with E-state index in [4.69, 9.17) is 0 Å². The molecule has 1 aromatic carbocycles. The molecule has 0 aliphatic rings. The van der Waals surface area contributed by atoms with Crippen LogP contribution in [0.1, 0.15) is 5.56 Å². The van der Waals surface area contributed by atoms with Gasteiger partial charge in [-0.1, -0.05) is 18.7 Å². The Labute approximate surface area is 84.4 Å². The molecule has 80 valence electrons. The monoisotopic (exact) mass is 215 g/mol. The van der Waals surface area contributed by atoms with Gasteiger partial charge in [0.15, 0.2) is 0 Å². The van der Waals surface area contributed by atoms with Gasteiger partial charge in [-0.2, -0.15) is 13.2 Å². The minimum absolute atomic E-state index is 0.269. The molecule has 0 atom stereocenters. The number of rotatable bonds is 2. The lowest BCUT2D eigenvalue weighted by atomic mass is 10.1. The van der Waals surface area contributed by atoms with Gasteiger partial charge in [0.05, 0.1) is 11.3 Å². The highest BCUT2D eigenvalue weighted by Gasteiger charge is 2.33. The highest BCUT2D eigenvalue weighted by molar-refractivity contribution is 5.99. The summed E-state index contributed by atoms with van der Waals surface area (Å²) in [5.74, 6) is -0.674. The van der Waals surface area contributed by atoms with Gasteiger partial charge in [0.1, 0.15) is 0 Å². The summed E-state index contributed by atoms with van der Waals surface area (Å²) in [6.07, 6.45) is -3.57. The second-order valence-corrected chi connectivity index (χ2v) is 2.74. The van der Waals surface area contributed by atoms with Crippen molar-refractivity contribution in [1.82, 2.24) is 0 Å². The Hall–Kier alpha value is -1.78. The molecule has 15 heavy (non-hydrogen) atoms. The van der Waals surface area contributed by atoms with Crippen molar-refractivity contribution in [2.75, 3.05) is 5.32 Å². The number of hydrogen-bond donors (Lipinski definition) is 1. The second-order valence-electron chi connectivity index (χ2n) is 2.74. The predicted octanol–water partition coefficient (Wildman–Crippen LogP) is 2.83. The lowest BCUT2D eigenvalue weighted by Crippen LogP contribution is -2.14. The lowest BCUT2D eigenvalue weighted by Gasteiger charge is -2.12. The van der Waals surface area contributed by atoms with Crippen LogP contribution < -0.4 is 5.32 Å². The van der Waals surface area contributed by atoms with Crippen molar-refractivity contribution in [3.63, 3.8) is 0 Å². The van der Waals surface area contributed by atoms with E-state index in [-0.39, 0.29) is 5.69 Å². The Morgan fingerprint density at radius 3 is 2.47 bits per heavy atom. The Balaban J connectivity index is 3.07. The Morgan fingerprint density at radius 2 is 1.93 bits per heavy atom. The van der Waals surface area contributed by atoms with E-state index in [1.54, 1.807) is 0 Å². The van der Waals surface area contributed by atoms with Crippen molar-refractivity contribution in [2.45, 2.75) is 6.18 Å². The topological polar surface area (TPSA) is 29.1 Å². The van der Waals surface area contributed by atoms with Crippen LogP contribution in [-0.2, 0) is 11.0 Å². The number of hydrogen-bond acceptors (Lipinski definition) is 1. The van der Waals surface area contributed by atoms with Crippen LogP contribution in [0.25, 0.3) is 0 Å². The molecule has 0 radical (unpaired) electrons. The number of nitrogens with one attached hydrogen (secondary N) is 1. The van der Waals surface area contributed by atoms with Crippen LogP contribution in [0.15, 0.2) is 36.9 Å². The van der Waals surface area contributed by atoms with Crippen LogP contribution in [0, 0.1) is 0 Å². The fourth-order valence-electron chi connectivity index (χ4n) is 1.02. The van der Waals surface area contributed by atoms with Gasteiger partial charge in [0.25, 0.3) is 0 Å². The summed E-state index contributed by atoms with van der Waals surface area (Å²) >= 11 is 0. The molecule has 1 amide bonds. The van der Waals surface area contributed by atoms with E-state index in [9.17, 15) is 18.0 Å². The highest BCUT2D eigenvalue weighted by Crippen LogP contribution is 2.34. The molecule has 0 spiro atoms. The van der Waals surface area contributed by atoms with Gasteiger partial charge >= 0.3 is 6.18 Å². The lowest BCUT2D eigenvalue weighted by molar-refractivity contribution is -0.136. The molecule has 0 heterocycles. The standard InChI is InChI=1S/C10H8F3NO/c1-2-9(15)14-8-6-4-3-5-7(8)10(11,12)13/h2-6H,1H2,(H,14,15). The van der Waals surface area contributed by atoms with Crippen molar-refractivity contribution >= 4 is 11.6 Å². The third-order valence-corrected chi connectivity index (χ3v) is 1.68. The normalized spacial score (nSPS) is 10.9. The van der Waals surface area contributed by atoms with Gasteiger partial charge in [0.2, 0.25) is 5.91 Å². The molecule has 0 aromatic heterocycles. The van der Waals surface area contributed by atoms with E-state index in [1.165, 1.54) is 18.2 Å². The summed E-state index contributed by atoms with van der Waals surface area (Å²) in [5, 5.41) is 2.09. The fourth-order valence-corrected chi connectivity index (χ4v) is 1.02. The van der Waals surface area contributed by atoms with Gasteiger partial charge in [-0.15, -0.1) is 0 Å². The summed E-state index contributed by atoms with van der Waals surface area (Å²) in [5.41, 5.74) is -1.14. The minimum Gasteiger partial charge on any atom is -0.322 e. The number of halogens is 3. The van der Waals surface area contributed by atoms with Crippen molar-refractivity contribution in [3.05, 3.63) is 42.5 Å². The minimum atomic E-state index is -4.48. The number of carbonyl (C=O) groups excluding carboxylic acids is 1. The molecule has 0 saturated heterocycles. The molecule has 0 saturated carbocycles. The number of alkyl halides is 3. The first-order valence-electron chi connectivity index (χ1n) is 4.05. The summed E-state index contributed by atoms with van der Waals surface area (Å²) in [6, 6.07) is 4.75. The number of benzene rings is 1. The van der Waals surface area contributed by atoms with E-state index in [0.29, 0.717) is 0 Å². The Bertz CT molecular complexity index is 384. The number of para-hydroxylation sites is 1. The molecule has 0 aliphatic heterocycles. The van der Waals surface area contributed by atoms with Crippen LogP contribution in [-0.4, -0.2) is 5.91 Å². The van der Waals surface area contributed by atoms with Crippen molar-refractivity contribution in [3.8, 4) is 0 Å². The summed E-state index contributed by atoms with van der Waals surface area (Å²) in [4.78, 5) is 10.9. The second kappa shape index (κ2) is 4.16. The summed E-state index contributed by atoms with van der Waals surface area (Å²) in [7, 11) is 0. The maximum Gasteiger partial charge on any atom is 0.418 e. The quantitative estimate of drug-likeness (QED) is 0.755. The summed E-state index contributed by atoms with van der Waals surface area (Å²) in [6.45, 7) is 3.16. The molecule has 0 fully saturated rings.